The van der Waals surface area contributed by atoms with Gasteiger partial charge in [0.1, 0.15) is 0 Å². The Bertz CT molecular complexity index is 1030. The van der Waals surface area contributed by atoms with Crippen LogP contribution in [-0.2, 0) is 19.3 Å². The highest BCUT2D eigenvalue weighted by molar-refractivity contribution is 5.88. The number of aryl methyl sites for hydroxylation is 4. The average molecular weight is 385 g/mol. The fraction of sp³-hybridized carbons (Fsp3) is 0.259. The maximum absolute atomic E-state index is 5.64. The van der Waals surface area contributed by atoms with Crippen LogP contribution >= 0.6 is 0 Å². The summed E-state index contributed by atoms with van der Waals surface area (Å²) in [6, 6.07) is 21.7. The van der Waals surface area contributed by atoms with E-state index in [1.54, 1.807) is 14.2 Å². The second-order valence-electron chi connectivity index (χ2n) is 7.69. The fourth-order valence-electron chi connectivity index (χ4n) is 4.27. The first-order valence-electron chi connectivity index (χ1n) is 10.3. The van der Waals surface area contributed by atoms with Crippen molar-refractivity contribution >= 4 is 11.6 Å². The summed E-state index contributed by atoms with van der Waals surface area (Å²) in [5, 5.41) is 0. The molecule has 1 aliphatic rings. The van der Waals surface area contributed by atoms with E-state index in [0.717, 1.165) is 42.7 Å². The van der Waals surface area contributed by atoms with Crippen LogP contribution in [0.25, 0.3) is 11.6 Å². The van der Waals surface area contributed by atoms with E-state index in [2.05, 4.69) is 61.5 Å². The molecule has 0 radical (unpaired) electrons. The summed E-state index contributed by atoms with van der Waals surface area (Å²) in [6.07, 6.45) is 6.57. The van der Waals surface area contributed by atoms with E-state index in [-0.39, 0.29) is 0 Å². The van der Waals surface area contributed by atoms with Crippen molar-refractivity contribution in [2.24, 2.45) is 0 Å². The van der Waals surface area contributed by atoms with E-state index in [4.69, 9.17) is 9.47 Å². The topological polar surface area (TPSA) is 18.5 Å². The lowest BCUT2D eigenvalue weighted by Gasteiger charge is -2.13. The van der Waals surface area contributed by atoms with Crippen LogP contribution in [-0.4, -0.2) is 14.2 Å². The average Bonchev–Trinajstić information content (AvgIpc) is 3.16. The van der Waals surface area contributed by atoms with Gasteiger partial charge in [0, 0.05) is 5.56 Å². The van der Waals surface area contributed by atoms with Crippen LogP contribution in [0.15, 0.2) is 60.7 Å². The second-order valence-corrected chi connectivity index (χ2v) is 7.69. The number of methoxy groups -OCH3 is 2. The number of rotatable bonds is 6. The molecule has 148 valence electrons. The quantitative estimate of drug-likeness (QED) is 0.498. The molecule has 0 heterocycles. The van der Waals surface area contributed by atoms with Crippen molar-refractivity contribution in [3.8, 4) is 11.5 Å². The molecule has 4 rings (SSSR count). The number of allylic oxidation sites excluding steroid dienone is 1. The van der Waals surface area contributed by atoms with E-state index in [9.17, 15) is 0 Å². The summed E-state index contributed by atoms with van der Waals surface area (Å²) in [6.45, 7) is 2.14. The Morgan fingerprint density at radius 3 is 2.38 bits per heavy atom. The lowest BCUT2D eigenvalue weighted by molar-refractivity contribution is 0.354. The third kappa shape index (κ3) is 4.07. The summed E-state index contributed by atoms with van der Waals surface area (Å²) in [4.78, 5) is 0. The first kappa shape index (κ1) is 19.3. The summed E-state index contributed by atoms with van der Waals surface area (Å²) in [5.41, 5.74) is 9.50. The molecule has 0 aliphatic heterocycles. The molecule has 3 aromatic rings. The zero-order valence-electron chi connectivity index (χ0n) is 17.5. The summed E-state index contributed by atoms with van der Waals surface area (Å²) >= 11 is 0. The van der Waals surface area contributed by atoms with Crippen molar-refractivity contribution in [1.82, 2.24) is 0 Å². The Morgan fingerprint density at radius 2 is 1.62 bits per heavy atom. The Morgan fingerprint density at radius 1 is 0.828 bits per heavy atom. The highest BCUT2D eigenvalue weighted by atomic mass is 16.5. The standard InChI is InChI=1S/C27H28O2/c1-19-10-12-20(13-11-19)14-15-21-6-4-7-22-16-17-23(26(21)22)18-24-8-5-9-25(28-2)27(24)29-3/h4-13,18H,14-17H2,1-3H3/b23-18+. The molecule has 0 fully saturated rings. The fourth-order valence-corrected chi connectivity index (χ4v) is 4.27. The number of benzene rings is 3. The number of fused-ring (bicyclic) bond motifs is 1. The number of hydrogen-bond donors (Lipinski definition) is 0. The zero-order valence-corrected chi connectivity index (χ0v) is 17.5. The van der Waals surface area contributed by atoms with Gasteiger partial charge in [0.2, 0.25) is 0 Å². The molecular formula is C27H28O2. The molecule has 3 aromatic carbocycles. The molecule has 0 saturated carbocycles. The SMILES string of the molecule is COc1cccc(/C=C2\CCc3cccc(CCc4ccc(C)cc4)c32)c1OC. The monoisotopic (exact) mass is 384 g/mol. The van der Waals surface area contributed by atoms with Crippen LogP contribution in [0.4, 0.5) is 0 Å². The Hall–Kier alpha value is -3.00. The first-order valence-corrected chi connectivity index (χ1v) is 10.3. The Balaban J connectivity index is 1.66. The Labute approximate surface area is 173 Å². The number of ether oxygens (including phenoxy) is 2. The van der Waals surface area contributed by atoms with Crippen molar-refractivity contribution in [2.45, 2.75) is 32.6 Å². The maximum Gasteiger partial charge on any atom is 0.167 e. The third-order valence-corrected chi connectivity index (χ3v) is 5.79. The smallest absolute Gasteiger partial charge is 0.167 e. The number of hydrogen-bond acceptors (Lipinski definition) is 2. The van der Waals surface area contributed by atoms with E-state index in [0.29, 0.717) is 0 Å². The third-order valence-electron chi connectivity index (χ3n) is 5.79. The van der Waals surface area contributed by atoms with Crippen molar-refractivity contribution in [2.75, 3.05) is 14.2 Å². The molecule has 0 atom stereocenters. The van der Waals surface area contributed by atoms with Crippen LogP contribution in [0, 0.1) is 6.92 Å². The molecule has 0 spiro atoms. The van der Waals surface area contributed by atoms with Crippen LogP contribution in [0.1, 0.15) is 39.8 Å². The molecule has 0 aromatic heterocycles. The predicted molar refractivity (Wildman–Crippen MR) is 121 cm³/mol. The van der Waals surface area contributed by atoms with Crippen LogP contribution < -0.4 is 9.47 Å². The number of para-hydroxylation sites is 1. The van der Waals surface area contributed by atoms with Crippen molar-refractivity contribution in [1.29, 1.82) is 0 Å². The molecule has 2 nitrogen and oxygen atoms in total. The van der Waals surface area contributed by atoms with Gasteiger partial charge in [-0.1, -0.05) is 60.2 Å². The minimum absolute atomic E-state index is 0.771. The molecular weight excluding hydrogens is 356 g/mol. The predicted octanol–water partition coefficient (Wildman–Crippen LogP) is 6.28. The maximum atomic E-state index is 5.64. The van der Waals surface area contributed by atoms with Crippen molar-refractivity contribution < 1.29 is 9.47 Å². The van der Waals surface area contributed by atoms with Crippen LogP contribution in [0.2, 0.25) is 0 Å². The van der Waals surface area contributed by atoms with Gasteiger partial charge >= 0.3 is 0 Å². The van der Waals surface area contributed by atoms with E-state index in [1.165, 1.54) is 33.4 Å². The van der Waals surface area contributed by atoms with Gasteiger partial charge in [-0.15, -0.1) is 0 Å². The van der Waals surface area contributed by atoms with Crippen molar-refractivity contribution in [3.05, 3.63) is 94.0 Å². The first-order chi connectivity index (χ1) is 14.2. The molecule has 2 heteroatoms. The lowest BCUT2D eigenvalue weighted by Crippen LogP contribution is -1.97. The van der Waals surface area contributed by atoms with Crippen molar-refractivity contribution in [3.63, 3.8) is 0 Å². The van der Waals surface area contributed by atoms with Crippen LogP contribution in [0.3, 0.4) is 0 Å². The molecule has 0 N–H and O–H groups in total. The van der Waals surface area contributed by atoms with Gasteiger partial charge in [-0.05, 0) is 72.6 Å². The van der Waals surface area contributed by atoms with E-state index < -0.39 is 0 Å². The lowest BCUT2D eigenvalue weighted by atomic mass is 9.94. The molecule has 0 amide bonds. The van der Waals surface area contributed by atoms with Gasteiger partial charge in [0.25, 0.3) is 0 Å². The minimum atomic E-state index is 0.771. The minimum Gasteiger partial charge on any atom is -0.493 e. The summed E-state index contributed by atoms with van der Waals surface area (Å²) in [5.74, 6) is 1.57. The summed E-state index contributed by atoms with van der Waals surface area (Å²) < 4.78 is 11.1. The highest BCUT2D eigenvalue weighted by Crippen LogP contribution is 2.39. The normalized spacial score (nSPS) is 14.1. The molecule has 0 bridgehead atoms. The molecule has 0 saturated heterocycles. The zero-order chi connectivity index (χ0) is 20.2. The van der Waals surface area contributed by atoms with Gasteiger partial charge in [-0.2, -0.15) is 0 Å². The second kappa shape index (κ2) is 8.57. The van der Waals surface area contributed by atoms with E-state index >= 15 is 0 Å². The van der Waals surface area contributed by atoms with Gasteiger partial charge < -0.3 is 9.47 Å². The van der Waals surface area contributed by atoms with Gasteiger partial charge in [-0.25, -0.2) is 0 Å². The summed E-state index contributed by atoms with van der Waals surface area (Å²) in [7, 11) is 3.39. The van der Waals surface area contributed by atoms with Gasteiger partial charge in [0.05, 0.1) is 14.2 Å². The molecule has 29 heavy (non-hydrogen) atoms. The van der Waals surface area contributed by atoms with Gasteiger partial charge in [0.15, 0.2) is 11.5 Å². The van der Waals surface area contributed by atoms with Crippen LogP contribution in [0.5, 0.6) is 11.5 Å². The highest BCUT2D eigenvalue weighted by Gasteiger charge is 2.20. The van der Waals surface area contributed by atoms with Gasteiger partial charge in [-0.3, -0.25) is 0 Å². The Kier molecular flexibility index (Phi) is 5.71. The van der Waals surface area contributed by atoms with E-state index in [1.807, 2.05) is 12.1 Å². The largest absolute Gasteiger partial charge is 0.493 e. The molecule has 1 aliphatic carbocycles. The molecule has 0 unspecified atom stereocenters.